The number of nitro groups is 1. The van der Waals surface area contributed by atoms with Crippen molar-refractivity contribution in [2.45, 2.75) is 6.54 Å². The van der Waals surface area contributed by atoms with E-state index in [2.05, 4.69) is 10.6 Å². The molecule has 0 aliphatic rings. The number of nitrogens with zero attached hydrogens (tertiary/aromatic N) is 1. The summed E-state index contributed by atoms with van der Waals surface area (Å²) >= 11 is 6.61. The summed E-state index contributed by atoms with van der Waals surface area (Å²) < 4.78 is 0. The van der Waals surface area contributed by atoms with Gasteiger partial charge in [-0.15, -0.1) is 11.3 Å². The maximum absolute atomic E-state index is 11.9. The molecule has 108 valence electrons. The zero-order chi connectivity index (χ0) is 15.2. The minimum Gasteiger partial charge on any atom is -0.357 e. The number of benzene rings is 1. The number of rotatable bonds is 4. The monoisotopic (exact) mass is 321 g/mol. The average molecular weight is 321 g/mol. The van der Waals surface area contributed by atoms with Crippen molar-refractivity contribution in [2.75, 3.05) is 0 Å². The molecule has 1 aromatic carbocycles. The number of thiocarbonyl (C=S) groups is 1. The highest BCUT2D eigenvalue weighted by atomic mass is 32.1. The van der Waals surface area contributed by atoms with E-state index in [9.17, 15) is 14.9 Å². The van der Waals surface area contributed by atoms with Gasteiger partial charge in [-0.1, -0.05) is 6.07 Å². The molecule has 0 aliphatic heterocycles. The fraction of sp³-hybridized carbons (Fsp3) is 0.0769. The van der Waals surface area contributed by atoms with Crippen LogP contribution in [0.15, 0.2) is 41.8 Å². The van der Waals surface area contributed by atoms with Crippen molar-refractivity contribution in [2.24, 2.45) is 0 Å². The Morgan fingerprint density at radius 3 is 2.57 bits per heavy atom. The van der Waals surface area contributed by atoms with E-state index < -0.39 is 10.8 Å². The average Bonchev–Trinajstić information content (AvgIpc) is 2.98. The summed E-state index contributed by atoms with van der Waals surface area (Å²) in [6.07, 6.45) is 0. The van der Waals surface area contributed by atoms with Crippen LogP contribution >= 0.6 is 23.6 Å². The van der Waals surface area contributed by atoms with Gasteiger partial charge in [0, 0.05) is 22.6 Å². The van der Waals surface area contributed by atoms with Crippen LogP contribution in [-0.2, 0) is 6.54 Å². The molecule has 0 saturated carbocycles. The van der Waals surface area contributed by atoms with Gasteiger partial charge in [-0.05, 0) is 35.8 Å². The van der Waals surface area contributed by atoms with Gasteiger partial charge in [0.15, 0.2) is 5.11 Å². The fourth-order valence-corrected chi connectivity index (χ4v) is 2.34. The zero-order valence-corrected chi connectivity index (χ0v) is 12.4. The summed E-state index contributed by atoms with van der Waals surface area (Å²) in [5.41, 5.74) is 0.242. The van der Waals surface area contributed by atoms with Crippen molar-refractivity contribution < 1.29 is 9.72 Å². The van der Waals surface area contributed by atoms with E-state index in [1.54, 1.807) is 11.3 Å². The highest BCUT2D eigenvalue weighted by Gasteiger charge is 2.10. The molecule has 0 fully saturated rings. The largest absolute Gasteiger partial charge is 0.357 e. The van der Waals surface area contributed by atoms with Gasteiger partial charge in [0.25, 0.3) is 11.6 Å². The van der Waals surface area contributed by atoms with Crippen molar-refractivity contribution in [3.63, 3.8) is 0 Å². The third kappa shape index (κ3) is 4.33. The molecule has 0 atom stereocenters. The highest BCUT2D eigenvalue weighted by molar-refractivity contribution is 7.80. The van der Waals surface area contributed by atoms with Crippen molar-refractivity contribution in [1.82, 2.24) is 10.6 Å². The first-order valence-corrected chi connectivity index (χ1v) is 7.21. The van der Waals surface area contributed by atoms with Crippen LogP contribution in [0.3, 0.4) is 0 Å². The quantitative estimate of drug-likeness (QED) is 0.513. The van der Waals surface area contributed by atoms with E-state index in [0.717, 1.165) is 4.88 Å². The summed E-state index contributed by atoms with van der Waals surface area (Å²) in [5.74, 6) is -0.409. The number of nitrogens with one attached hydrogen (secondary N) is 2. The second-order valence-corrected chi connectivity index (χ2v) is 5.46. The van der Waals surface area contributed by atoms with Crippen molar-refractivity contribution in [1.29, 1.82) is 0 Å². The van der Waals surface area contributed by atoms with Gasteiger partial charge < -0.3 is 5.32 Å². The van der Waals surface area contributed by atoms with Crippen LogP contribution in [0.2, 0.25) is 0 Å². The van der Waals surface area contributed by atoms with Gasteiger partial charge in [0.05, 0.1) is 11.5 Å². The number of nitro benzene ring substituents is 1. The maximum Gasteiger partial charge on any atom is 0.269 e. The lowest BCUT2D eigenvalue weighted by Crippen LogP contribution is -2.38. The Kier molecular flexibility index (Phi) is 4.96. The molecule has 0 unspecified atom stereocenters. The zero-order valence-electron chi connectivity index (χ0n) is 10.7. The maximum atomic E-state index is 11.9. The molecule has 0 aliphatic carbocycles. The number of amides is 1. The summed E-state index contributed by atoms with van der Waals surface area (Å²) in [6, 6.07) is 9.21. The Hall–Kier alpha value is -2.32. The normalized spacial score (nSPS) is 9.90. The van der Waals surface area contributed by atoms with E-state index in [1.807, 2.05) is 17.5 Å². The molecule has 21 heavy (non-hydrogen) atoms. The molecule has 1 aromatic heterocycles. The number of hydrogen-bond donors (Lipinski definition) is 2. The molecule has 0 bridgehead atoms. The predicted octanol–water partition coefficient (Wildman–Crippen LogP) is 2.46. The Bertz CT molecular complexity index is 654. The molecule has 0 radical (unpaired) electrons. The fourth-order valence-electron chi connectivity index (χ4n) is 1.53. The van der Waals surface area contributed by atoms with Crippen molar-refractivity contribution >= 4 is 40.3 Å². The van der Waals surface area contributed by atoms with Crippen LogP contribution in [0, 0.1) is 10.1 Å². The van der Waals surface area contributed by atoms with Gasteiger partial charge >= 0.3 is 0 Å². The van der Waals surface area contributed by atoms with Crippen molar-refractivity contribution in [3.05, 3.63) is 62.3 Å². The first-order chi connectivity index (χ1) is 10.1. The minimum absolute atomic E-state index is 0.0649. The SMILES string of the molecule is O=C(NC(=S)NCc1cccs1)c1ccc([N+](=O)[O-])cc1. The molecular weight excluding hydrogens is 310 g/mol. The summed E-state index contributed by atoms with van der Waals surface area (Å²) in [4.78, 5) is 23.0. The van der Waals surface area contributed by atoms with E-state index in [-0.39, 0.29) is 10.8 Å². The third-order valence-corrected chi connectivity index (χ3v) is 3.69. The van der Waals surface area contributed by atoms with Crippen LogP contribution in [-0.4, -0.2) is 15.9 Å². The highest BCUT2D eigenvalue weighted by Crippen LogP contribution is 2.11. The Morgan fingerprint density at radius 2 is 2.00 bits per heavy atom. The second kappa shape index (κ2) is 6.91. The van der Waals surface area contributed by atoms with Crippen LogP contribution in [0.4, 0.5) is 5.69 Å². The van der Waals surface area contributed by atoms with E-state index in [4.69, 9.17) is 12.2 Å². The number of non-ortho nitro benzene ring substituents is 1. The summed E-state index contributed by atoms with van der Waals surface area (Å²) in [5, 5.41) is 18.1. The summed E-state index contributed by atoms with van der Waals surface area (Å²) in [7, 11) is 0. The smallest absolute Gasteiger partial charge is 0.269 e. The second-order valence-electron chi connectivity index (χ2n) is 4.02. The first kappa shape index (κ1) is 15.1. The molecule has 2 rings (SSSR count). The van der Waals surface area contributed by atoms with Gasteiger partial charge in [0.2, 0.25) is 0 Å². The van der Waals surface area contributed by atoms with Gasteiger partial charge in [-0.2, -0.15) is 0 Å². The first-order valence-electron chi connectivity index (χ1n) is 5.92. The van der Waals surface area contributed by atoms with Crippen molar-refractivity contribution in [3.8, 4) is 0 Å². The molecular formula is C13H11N3O3S2. The predicted molar refractivity (Wildman–Crippen MR) is 84.3 cm³/mol. The van der Waals surface area contributed by atoms with Gasteiger partial charge in [0.1, 0.15) is 0 Å². The number of carbonyl (C=O) groups excluding carboxylic acids is 1. The molecule has 0 spiro atoms. The van der Waals surface area contributed by atoms with Gasteiger partial charge in [-0.25, -0.2) is 0 Å². The Balaban J connectivity index is 1.88. The molecule has 6 nitrogen and oxygen atoms in total. The lowest BCUT2D eigenvalue weighted by molar-refractivity contribution is -0.384. The lowest BCUT2D eigenvalue weighted by Gasteiger charge is -2.08. The standard InChI is InChI=1S/C13H11N3O3S2/c17-12(9-3-5-10(6-4-9)16(18)19)15-13(20)14-8-11-2-1-7-21-11/h1-7H,8H2,(H2,14,15,17,20). The van der Waals surface area contributed by atoms with E-state index >= 15 is 0 Å². The van der Waals surface area contributed by atoms with Crippen LogP contribution in [0.5, 0.6) is 0 Å². The summed E-state index contributed by atoms with van der Waals surface area (Å²) in [6.45, 7) is 0.539. The molecule has 2 N–H and O–H groups in total. The molecule has 1 heterocycles. The van der Waals surface area contributed by atoms with Gasteiger partial charge in [-0.3, -0.25) is 20.2 Å². The number of carbonyl (C=O) groups is 1. The topological polar surface area (TPSA) is 84.3 Å². The Labute approximate surface area is 129 Å². The molecule has 2 aromatic rings. The number of hydrogen-bond acceptors (Lipinski definition) is 5. The molecule has 8 heteroatoms. The van der Waals surface area contributed by atoms with Crippen LogP contribution < -0.4 is 10.6 Å². The molecule has 1 amide bonds. The van der Waals surface area contributed by atoms with E-state index in [1.165, 1.54) is 24.3 Å². The van der Waals surface area contributed by atoms with Crippen LogP contribution in [0.25, 0.3) is 0 Å². The lowest BCUT2D eigenvalue weighted by atomic mass is 10.2. The minimum atomic E-state index is -0.519. The molecule has 0 saturated heterocycles. The number of thiophene rings is 1. The van der Waals surface area contributed by atoms with E-state index in [0.29, 0.717) is 12.1 Å². The third-order valence-electron chi connectivity index (χ3n) is 2.57. The Morgan fingerprint density at radius 1 is 1.29 bits per heavy atom. The van der Waals surface area contributed by atoms with Crippen LogP contribution in [0.1, 0.15) is 15.2 Å².